The molecule has 0 aliphatic heterocycles. The van der Waals surface area contributed by atoms with Crippen LogP contribution in [0, 0.1) is 6.92 Å². The van der Waals surface area contributed by atoms with Crippen molar-refractivity contribution in [2.24, 2.45) is 5.16 Å². The summed E-state index contributed by atoms with van der Waals surface area (Å²) < 4.78 is 51.8. The predicted octanol–water partition coefficient (Wildman–Crippen LogP) is 3.73. The summed E-state index contributed by atoms with van der Waals surface area (Å²) in [5.74, 6) is 0. The van der Waals surface area contributed by atoms with Crippen LogP contribution in [-0.2, 0) is 28.0 Å². The second-order valence-electron chi connectivity index (χ2n) is 4.96. The van der Waals surface area contributed by atoms with E-state index in [0.29, 0.717) is 6.42 Å². The number of hydrogen-bond donors (Lipinski definition) is 0. The second kappa shape index (κ2) is 9.32. The van der Waals surface area contributed by atoms with Crippen LogP contribution in [0.4, 0.5) is 0 Å². The largest absolute Gasteiger partial charge is 0.358 e. The molecule has 1 aromatic carbocycles. The van der Waals surface area contributed by atoms with Gasteiger partial charge in [0.2, 0.25) is 0 Å². The Bertz CT molecular complexity index is 689. The third-order valence-electron chi connectivity index (χ3n) is 3.01. The van der Waals surface area contributed by atoms with Gasteiger partial charge >= 0.3 is 17.7 Å². The minimum Gasteiger partial charge on any atom is -0.309 e. The van der Waals surface area contributed by atoms with Gasteiger partial charge in [0.1, 0.15) is 4.90 Å². The third-order valence-corrected chi connectivity index (χ3v) is 6.19. The van der Waals surface area contributed by atoms with E-state index in [0.717, 1.165) is 5.56 Å². The molecule has 1 aromatic rings. The van der Waals surface area contributed by atoms with Gasteiger partial charge in [-0.3, -0.25) is 8.85 Å². The Labute approximate surface area is 143 Å². The number of benzene rings is 1. The monoisotopic (exact) mass is 377 g/mol. The zero-order chi connectivity index (χ0) is 18.2. The zero-order valence-corrected chi connectivity index (χ0v) is 16.1. The Morgan fingerprint density at radius 3 is 2.08 bits per heavy atom. The minimum absolute atomic E-state index is 0.00472. The fraction of sp³-hybridized carbons (Fsp3) is 0.533. The van der Waals surface area contributed by atoms with Crippen LogP contribution < -0.4 is 0 Å². The Hall–Kier alpha value is -1.21. The molecule has 0 amide bonds. The maximum Gasteiger partial charge on any atom is 0.358 e. The Morgan fingerprint density at radius 2 is 1.62 bits per heavy atom. The SMILES string of the molecule is CCOP(=O)(C/C(CC)=N/OS(=O)(=O)c1ccc(C)cc1)OCC. The van der Waals surface area contributed by atoms with Crippen molar-refractivity contribution < 1.29 is 26.3 Å². The van der Waals surface area contributed by atoms with Crippen molar-refractivity contribution in [2.75, 3.05) is 19.4 Å². The van der Waals surface area contributed by atoms with E-state index in [1.165, 1.54) is 12.1 Å². The van der Waals surface area contributed by atoms with Gasteiger partial charge in [-0.2, -0.15) is 8.42 Å². The van der Waals surface area contributed by atoms with Crippen molar-refractivity contribution in [3.8, 4) is 0 Å². The summed E-state index contributed by atoms with van der Waals surface area (Å²) in [5, 5.41) is 3.66. The molecule has 0 heterocycles. The van der Waals surface area contributed by atoms with Gasteiger partial charge in [-0.15, -0.1) is 0 Å². The summed E-state index contributed by atoms with van der Waals surface area (Å²) in [7, 11) is -7.38. The molecule has 136 valence electrons. The average Bonchev–Trinajstić information content (AvgIpc) is 2.52. The lowest BCUT2D eigenvalue weighted by atomic mass is 10.2. The van der Waals surface area contributed by atoms with E-state index >= 15 is 0 Å². The van der Waals surface area contributed by atoms with Crippen LogP contribution in [0.25, 0.3) is 0 Å². The topological polar surface area (TPSA) is 91.3 Å². The van der Waals surface area contributed by atoms with Crippen molar-refractivity contribution in [1.29, 1.82) is 0 Å². The van der Waals surface area contributed by atoms with Gasteiger partial charge in [0.05, 0.1) is 25.1 Å². The van der Waals surface area contributed by atoms with Gasteiger partial charge in [-0.05, 0) is 39.3 Å². The molecule has 0 saturated carbocycles. The van der Waals surface area contributed by atoms with Gasteiger partial charge in [0, 0.05) is 0 Å². The number of rotatable bonds is 10. The highest BCUT2D eigenvalue weighted by atomic mass is 32.2. The van der Waals surface area contributed by atoms with Crippen molar-refractivity contribution >= 4 is 23.4 Å². The fourth-order valence-corrected chi connectivity index (χ4v) is 4.33. The van der Waals surface area contributed by atoms with Crippen molar-refractivity contribution in [3.05, 3.63) is 29.8 Å². The molecule has 0 aromatic heterocycles. The average molecular weight is 377 g/mol. The van der Waals surface area contributed by atoms with Crippen LogP contribution in [0.3, 0.4) is 0 Å². The van der Waals surface area contributed by atoms with E-state index in [9.17, 15) is 13.0 Å². The summed E-state index contributed by atoms with van der Waals surface area (Å²) in [6.07, 6.45) is 0.238. The first-order valence-electron chi connectivity index (χ1n) is 7.70. The first-order valence-corrected chi connectivity index (χ1v) is 10.8. The van der Waals surface area contributed by atoms with Crippen LogP contribution in [0.15, 0.2) is 34.3 Å². The van der Waals surface area contributed by atoms with Gasteiger partial charge in [-0.25, -0.2) is 0 Å². The highest BCUT2D eigenvalue weighted by Crippen LogP contribution is 2.48. The lowest BCUT2D eigenvalue weighted by Gasteiger charge is -2.17. The first kappa shape index (κ1) is 20.8. The molecule has 7 nitrogen and oxygen atoms in total. The van der Waals surface area contributed by atoms with Crippen LogP contribution >= 0.6 is 7.60 Å². The normalized spacial score (nSPS) is 13.1. The molecule has 0 bridgehead atoms. The van der Waals surface area contributed by atoms with E-state index in [1.807, 2.05) is 6.92 Å². The van der Waals surface area contributed by atoms with E-state index in [-0.39, 0.29) is 30.0 Å². The maximum absolute atomic E-state index is 12.5. The van der Waals surface area contributed by atoms with Gasteiger partial charge in [0.25, 0.3) is 0 Å². The molecule has 0 N–H and O–H groups in total. The molecule has 0 atom stereocenters. The Balaban J connectivity index is 2.91. The van der Waals surface area contributed by atoms with E-state index in [4.69, 9.17) is 13.3 Å². The van der Waals surface area contributed by atoms with Crippen LogP contribution in [0.5, 0.6) is 0 Å². The third kappa shape index (κ3) is 6.36. The fourth-order valence-electron chi connectivity index (χ4n) is 1.80. The summed E-state index contributed by atoms with van der Waals surface area (Å²) >= 11 is 0. The standard InChI is InChI=1S/C15H24NO6PS/c1-5-14(12-23(17,20-6-2)21-7-3)16-22-24(18,19)15-10-8-13(4)9-11-15/h8-11H,5-7,12H2,1-4H3/b16-14+. The molecule has 0 radical (unpaired) electrons. The molecule has 9 heteroatoms. The zero-order valence-electron chi connectivity index (χ0n) is 14.4. The van der Waals surface area contributed by atoms with Gasteiger partial charge < -0.3 is 9.05 Å². The predicted molar refractivity (Wildman–Crippen MR) is 92.9 cm³/mol. The van der Waals surface area contributed by atoms with Crippen molar-refractivity contribution in [2.45, 2.75) is 39.0 Å². The van der Waals surface area contributed by atoms with Gasteiger partial charge in [-0.1, -0.05) is 29.8 Å². The summed E-state index contributed by atoms with van der Waals surface area (Å²) in [6.45, 7) is 7.44. The number of nitrogens with zero attached hydrogens (tertiary/aromatic N) is 1. The van der Waals surface area contributed by atoms with Gasteiger partial charge in [0.15, 0.2) is 0 Å². The van der Waals surface area contributed by atoms with E-state index < -0.39 is 17.7 Å². The molecule has 24 heavy (non-hydrogen) atoms. The number of oxime groups is 1. The van der Waals surface area contributed by atoms with E-state index in [1.54, 1.807) is 32.9 Å². The molecule has 0 saturated heterocycles. The molecular formula is C15H24NO6PS. The van der Waals surface area contributed by atoms with Crippen LogP contribution in [0.2, 0.25) is 0 Å². The lowest BCUT2D eigenvalue weighted by molar-refractivity contribution is 0.223. The smallest absolute Gasteiger partial charge is 0.309 e. The Kier molecular flexibility index (Phi) is 8.09. The molecule has 0 unspecified atom stereocenters. The quantitative estimate of drug-likeness (QED) is 0.350. The molecule has 0 spiro atoms. The highest BCUT2D eigenvalue weighted by molar-refractivity contribution is 7.86. The Morgan fingerprint density at radius 1 is 1.08 bits per heavy atom. The maximum atomic E-state index is 12.5. The highest BCUT2D eigenvalue weighted by Gasteiger charge is 2.26. The van der Waals surface area contributed by atoms with Crippen molar-refractivity contribution in [3.63, 3.8) is 0 Å². The molecule has 1 rings (SSSR count). The number of aryl methyl sites for hydroxylation is 1. The minimum atomic E-state index is -4.02. The summed E-state index contributed by atoms with van der Waals surface area (Å²) in [5.41, 5.74) is 1.22. The molecular weight excluding hydrogens is 353 g/mol. The summed E-state index contributed by atoms with van der Waals surface area (Å²) in [6, 6.07) is 6.21. The van der Waals surface area contributed by atoms with Crippen LogP contribution in [-0.4, -0.2) is 33.5 Å². The number of hydrogen-bond acceptors (Lipinski definition) is 7. The van der Waals surface area contributed by atoms with Crippen molar-refractivity contribution in [1.82, 2.24) is 0 Å². The lowest BCUT2D eigenvalue weighted by Crippen LogP contribution is -2.12. The molecule has 0 aliphatic rings. The van der Waals surface area contributed by atoms with E-state index in [2.05, 4.69) is 5.16 Å². The summed E-state index contributed by atoms with van der Waals surface area (Å²) in [4.78, 5) is 0.00472. The first-order chi connectivity index (χ1) is 11.3. The molecule has 0 aliphatic carbocycles. The second-order valence-corrected chi connectivity index (χ2v) is 8.54. The molecule has 0 fully saturated rings. The van der Waals surface area contributed by atoms with Crippen LogP contribution in [0.1, 0.15) is 32.8 Å².